The molecule has 0 aromatic heterocycles. The Morgan fingerprint density at radius 2 is 2.21 bits per heavy atom. The van der Waals surface area contributed by atoms with Crippen molar-refractivity contribution in [1.29, 1.82) is 5.41 Å². The Labute approximate surface area is 99.6 Å². The number of nitrogens with one attached hydrogen (secondary N) is 1. The molecule has 3 heteroatoms. The highest BCUT2D eigenvalue weighted by Crippen LogP contribution is 2.54. The number of allylic oxidation sites excluding steroid dienone is 2. The fourth-order valence-electron chi connectivity index (χ4n) is 1.84. The molecule has 0 bridgehead atoms. The molecule has 0 aromatic carbocycles. The molecule has 1 fully saturated rings. The van der Waals surface area contributed by atoms with E-state index in [4.69, 9.17) is 8.48 Å². The molecule has 2 unspecified atom stereocenters. The summed E-state index contributed by atoms with van der Waals surface area (Å²) in [5, 5.41) is 7.07. The lowest BCUT2D eigenvalue weighted by Gasteiger charge is -2.17. The highest BCUT2D eigenvalue weighted by atomic mass is 127. The van der Waals surface area contributed by atoms with Crippen LogP contribution in [0.5, 0.6) is 0 Å². The molecule has 14 heavy (non-hydrogen) atoms. The first-order valence-electron chi connectivity index (χ1n) is 4.76. The van der Waals surface area contributed by atoms with Gasteiger partial charge in [0.15, 0.2) is 0 Å². The van der Waals surface area contributed by atoms with Crippen LogP contribution in [0.2, 0.25) is 0 Å². The predicted octanol–water partition coefficient (Wildman–Crippen LogP) is 3.53. The molecular weight excluding hydrogens is 289 g/mol. The Morgan fingerprint density at radius 3 is 2.64 bits per heavy atom. The fraction of sp³-hybridized carbons (Fsp3) is 0.545. The van der Waals surface area contributed by atoms with Crippen LogP contribution in [-0.4, -0.2) is 11.8 Å². The molecule has 0 spiro atoms. The van der Waals surface area contributed by atoms with Crippen LogP contribution in [0, 0.1) is 17.2 Å². The van der Waals surface area contributed by atoms with Crippen LogP contribution in [-0.2, 0) is 3.07 Å². The minimum atomic E-state index is -0.0227. The number of hydrogen-bond donors (Lipinski definition) is 1. The molecule has 1 aliphatic carbocycles. The lowest BCUT2D eigenvalue weighted by molar-refractivity contribution is 0.209. The first kappa shape index (κ1) is 11.9. The maximum Gasteiger partial charge on any atom is 0.110 e. The fourth-order valence-corrected chi connectivity index (χ4v) is 2.56. The standard InChI is InChI=1S/C11H16INO/c1-3-9(4-2)7-11(14-12)8-10(11)5-6-13/h3-4,6,9-10,13H,1-2,5,7-8H2. The molecule has 0 aliphatic heterocycles. The Hall–Kier alpha value is -0.160. The van der Waals surface area contributed by atoms with Gasteiger partial charge in [-0.05, 0) is 37.3 Å². The van der Waals surface area contributed by atoms with Gasteiger partial charge in [-0.15, -0.1) is 13.2 Å². The number of hydrogen-bond acceptors (Lipinski definition) is 2. The molecule has 78 valence electrons. The average Bonchev–Trinajstić information content (AvgIpc) is 2.89. The molecule has 1 saturated carbocycles. The molecule has 0 heterocycles. The maximum absolute atomic E-state index is 7.07. The largest absolute Gasteiger partial charge is 0.313 e. The average molecular weight is 305 g/mol. The van der Waals surface area contributed by atoms with Gasteiger partial charge in [0.1, 0.15) is 23.0 Å². The maximum atomic E-state index is 7.07. The van der Waals surface area contributed by atoms with Crippen molar-refractivity contribution >= 4 is 29.2 Å². The van der Waals surface area contributed by atoms with Crippen molar-refractivity contribution in [2.24, 2.45) is 11.8 Å². The molecule has 1 N–H and O–H groups in total. The van der Waals surface area contributed by atoms with Gasteiger partial charge in [0.25, 0.3) is 0 Å². The summed E-state index contributed by atoms with van der Waals surface area (Å²) in [6.45, 7) is 7.55. The highest BCUT2D eigenvalue weighted by Gasteiger charge is 2.55. The minimum Gasteiger partial charge on any atom is -0.313 e. The highest BCUT2D eigenvalue weighted by molar-refractivity contribution is 14.1. The van der Waals surface area contributed by atoms with Gasteiger partial charge in [0, 0.05) is 0 Å². The van der Waals surface area contributed by atoms with Gasteiger partial charge < -0.3 is 8.48 Å². The van der Waals surface area contributed by atoms with E-state index >= 15 is 0 Å². The van der Waals surface area contributed by atoms with Crippen LogP contribution in [0.3, 0.4) is 0 Å². The third-order valence-corrected chi connectivity index (χ3v) is 3.80. The topological polar surface area (TPSA) is 33.1 Å². The summed E-state index contributed by atoms with van der Waals surface area (Å²) in [6, 6.07) is 0. The quantitative estimate of drug-likeness (QED) is 0.436. The van der Waals surface area contributed by atoms with Crippen molar-refractivity contribution in [1.82, 2.24) is 0 Å². The molecule has 0 saturated heterocycles. The lowest BCUT2D eigenvalue weighted by Crippen LogP contribution is -2.16. The monoisotopic (exact) mass is 305 g/mol. The van der Waals surface area contributed by atoms with Crippen molar-refractivity contribution in [3.63, 3.8) is 0 Å². The summed E-state index contributed by atoms with van der Waals surface area (Å²) in [5.41, 5.74) is -0.0227. The molecule has 2 nitrogen and oxygen atoms in total. The van der Waals surface area contributed by atoms with Crippen molar-refractivity contribution in [3.05, 3.63) is 25.3 Å². The van der Waals surface area contributed by atoms with Crippen molar-refractivity contribution in [3.8, 4) is 0 Å². The molecule has 1 rings (SSSR count). The van der Waals surface area contributed by atoms with E-state index in [2.05, 4.69) is 13.2 Å². The Morgan fingerprint density at radius 1 is 1.57 bits per heavy atom. The molecule has 1 aliphatic rings. The SMILES string of the molecule is C=CC(C=C)CC1(OI)CC1CC=N. The summed E-state index contributed by atoms with van der Waals surface area (Å²) in [5.74, 6) is 0.833. The molecule has 2 atom stereocenters. The zero-order valence-corrected chi connectivity index (χ0v) is 10.4. The molecule has 0 amide bonds. The van der Waals surface area contributed by atoms with E-state index in [1.807, 2.05) is 35.2 Å². The van der Waals surface area contributed by atoms with Crippen molar-refractivity contribution < 1.29 is 3.07 Å². The van der Waals surface area contributed by atoms with E-state index in [0.717, 1.165) is 19.3 Å². The number of rotatable bonds is 7. The summed E-state index contributed by atoms with van der Waals surface area (Å²) in [6.07, 6.45) is 8.11. The van der Waals surface area contributed by atoms with Crippen LogP contribution in [0.15, 0.2) is 25.3 Å². The predicted molar refractivity (Wildman–Crippen MR) is 67.8 cm³/mol. The Kier molecular flexibility index (Phi) is 4.31. The first-order chi connectivity index (χ1) is 6.72. The van der Waals surface area contributed by atoms with E-state index in [9.17, 15) is 0 Å². The summed E-state index contributed by atoms with van der Waals surface area (Å²) < 4.78 is 5.52. The van der Waals surface area contributed by atoms with Crippen molar-refractivity contribution in [2.75, 3.05) is 0 Å². The zero-order chi connectivity index (χ0) is 10.6. The van der Waals surface area contributed by atoms with Crippen LogP contribution in [0.1, 0.15) is 19.3 Å². The van der Waals surface area contributed by atoms with E-state index in [1.165, 1.54) is 6.21 Å². The number of halogens is 1. The third kappa shape index (κ3) is 2.45. The summed E-state index contributed by atoms with van der Waals surface area (Å²) in [7, 11) is 0. The first-order valence-corrected chi connectivity index (χ1v) is 5.64. The summed E-state index contributed by atoms with van der Waals surface area (Å²) in [4.78, 5) is 0. The van der Waals surface area contributed by atoms with E-state index in [-0.39, 0.29) is 5.60 Å². The van der Waals surface area contributed by atoms with Gasteiger partial charge in [0.2, 0.25) is 0 Å². The van der Waals surface area contributed by atoms with Crippen LogP contribution >= 0.6 is 23.0 Å². The van der Waals surface area contributed by atoms with E-state index < -0.39 is 0 Å². The lowest BCUT2D eigenvalue weighted by atomic mass is 9.98. The van der Waals surface area contributed by atoms with E-state index in [1.54, 1.807) is 0 Å². The van der Waals surface area contributed by atoms with Gasteiger partial charge in [-0.3, -0.25) is 0 Å². The summed E-state index contributed by atoms with van der Waals surface area (Å²) >= 11 is 1.97. The van der Waals surface area contributed by atoms with Gasteiger partial charge in [-0.2, -0.15) is 0 Å². The second-order valence-electron chi connectivity index (χ2n) is 3.82. The Bertz CT molecular complexity index is 233. The molecule has 0 aromatic rings. The van der Waals surface area contributed by atoms with Crippen LogP contribution in [0.25, 0.3) is 0 Å². The smallest absolute Gasteiger partial charge is 0.110 e. The van der Waals surface area contributed by atoms with Crippen LogP contribution < -0.4 is 0 Å². The van der Waals surface area contributed by atoms with E-state index in [0.29, 0.717) is 11.8 Å². The second kappa shape index (κ2) is 5.07. The normalized spacial score (nSPS) is 30.0. The third-order valence-electron chi connectivity index (χ3n) is 2.92. The van der Waals surface area contributed by atoms with Gasteiger partial charge in [-0.25, -0.2) is 0 Å². The van der Waals surface area contributed by atoms with Gasteiger partial charge in [-0.1, -0.05) is 12.2 Å². The zero-order valence-electron chi connectivity index (χ0n) is 8.21. The molecular formula is C11H16INO. The molecule has 0 radical (unpaired) electrons. The minimum absolute atomic E-state index is 0.0227. The van der Waals surface area contributed by atoms with Crippen LogP contribution in [0.4, 0.5) is 0 Å². The van der Waals surface area contributed by atoms with Crippen molar-refractivity contribution in [2.45, 2.75) is 24.9 Å². The second-order valence-corrected chi connectivity index (χ2v) is 4.26. The van der Waals surface area contributed by atoms with Gasteiger partial charge in [0.05, 0.1) is 5.60 Å². The van der Waals surface area contributed by atoms with Gasteiger partial charge >= 0.3 is 0 Å². The Balaban J connectivity index is 2.52.